The zero-order valence-electron chi connectivity index (χ0n) is 12.5. The van der Waals surface area contributed by atoms with Crippen molar-refractivity contribution in [1.29, 1.82) is 0 Å². The molecule has 1 aromatic rings. The van der Waals surface area contributed by atoms with Gasteiger partial charge in [0.15, 0.2) is 0 Å². The molecule has 0 saturated heterocycles. The molecular formula is C16H25NOS. The fourth-order valence-electron chi connectivity index (χ4n) is 2.61. The number of aliphatic hydroxyl groups is 1. The van der Waals surface area contributed by atoms with Crippen LogP contribution < -0.4 is 5.73 Å². The molecule has 0 radical (unpaired) electrons. The fraction of sp³-hybridized carbons (Fsp3) is 0.625. The van der Waals surface area contributed by atoms with E-state index in [1.807, 2.05) is 30.0 Å². The van der Waals surface area contributed by atoms with Gasteiger partial charge in [-0.3, -0.25) is 0 Å². The average molecular weight is 280 g/mol. The first-order valence-corrected chi connectivity index (χ1v) is 8.26. The second kappa shape index (κ2) is 7.93. The zero-order chi connectivity index (χ0) is 14.4. The van der Waals surface area contributed by atoms with Crippen molar-refractivity contribution < 1.29 is 6.48 Å². The highest BCUT2D eigenvalue weighted by atomic mass is 32.2. The summed E-state index contributed by atoms with van der Waals surface area (Å²) >= 11 is 1.85. The Balaban J connectivity index is 1.95. The summed E-state index contributed by atoms with van der Waals surface area (Å²) in [4.78, 5) is 1.15. The molecule has 0 amide bonds. The highest BCUT2D eigenvalue weighted by Crippen LogP contribution is 2.31. The van der Waals surface area contributed by atoms with E-state index < -0.39 is 6.08 Å². The lowest BCUT2D eigenvalue weighted by molar-refractivity contribution is 0.170. The molecule has 1 atom stereocenters. The van der Waals surface area contributed by atoms with Gasteiger partial charge in [-0.2, -0.15) is 0 Å². The lowest BCUT2D eigenvalue weighted by Crippen LogP contribution is -2.08. The molecule has 1 saturated carbocycles. The van der Waals surface area contributed by atoms with Gasteiger partial charge in [-0.25, -0.2) is 0 Å². The number of thioether (sulfide) groups is 1. The first-order chi connectivity index (χ1) is 9.62. The van der Waals surface area contributed by atoms with E-state index in [9.17, 15) is 5.11 Å². The van der Waals surface area contributed by atoms with Gasteiger partial charge >= 0.3 is 0 Å². The quantitative estimate of drug-likeness (QED) is 0.780. The average Bonchev–Trinajstić information content (AvgIpc) is 2.46. The summed E-state index contributed by atoms with van der Waals surface area (Å²) < 4.78 is 7.96. The number of hydrogen-bond donors (Lipinski definition) is 2. The second-order valence-electron chi connectivity index (χ2n) is 5.33. The van der Waals surface area contributed by atoms with Gasteiger partial charge in [0.1, 0.15) is 0 Å². The Bertz CT molecular complexity index is 419. The molecule has 0 bridgehead atoms. The molecule has 1 aromatic carbocycles. The van der Waals surface area contributed by atoms with E-state index in [0.717, 1.165) is 16.6 Å². The molecule has 1 unspecified atom stereocenters. The van der Waals surface area contributed by atoms with Crippen molar-refractivity contribution in [3.05, 3.63) is 29.8 Å². The topological polar surface area (TPSA) is 46.2 Å². The van der Waals surface area contributed by atoms with Gasteiger partial charge in [0.05, 0.1) is 7.45 Å². The summed E-state index contributed by atoms with van der Waals surface area (Å²) in [5.41, 5.74) is 6.11. The first-order valence-electron chi connectivity index (χ1n) is 7.77. The number of benzene rings is 1. The van der Waals surface area contributed by atoms with E-state index in [4.69, 9.17) is 7.10 Å². The van der Waals surface area contributed by atoms with Gasteiger partial charge < -0.3 is 10.8 Å². The molecule has 1 fully saturated rings. The van der Waals surface area contributed by atoms with Gasteiger partial charge in [-0.15, -0.1) is 11.8 Å². The molecule has 0 aliphatic heterocycles. The van der Waals surface area contributed by atoms with Crippen LogP contribution in [0.15, 0.2) is 29.2 Å². The molecular weight excluding hydrogens is 254 g/mol. The maximum absolute atomic E-state index is 10.1. The molecule has 106 valence electrons. The normalized spacial score (nSPS) is 20.8. The molecule has 1 aliphatic rings. The molecule has 1 aliphatic carbocycles. The molecule has 2 nitrogen and oxygen atoms in total. The van der Waals surface area contributed by atoms with Crippen LogP contribution in [0.5, 0.6) is 0 Å². The van der Waals surface area contributed by atoms with Crippen molar-refractivity contribution in [3.8, 4) is 0 Å². The molecule has 3 heteroatoms. The van der Waals surface area contributed by atoms with Crippen molar-refractivity contribution in [3.63, 3.8) is 0 Å². The Hall–Kier alpha value is -0.510. The lowest BCUT2D eigenvalue weighted by Gasteiger charge is -2.21. The Morgan fingerprint density at radius 3 is 2.89 bits per heavy atom. The van der Waals surface area contributed by atoms with E-state index in [2.05, 4.69) is 6.07 Å². The molecule has 3 N–H and O–H groups in total. The molecule has 2 rings (SSSR count). The Morgan fingerprint density at radius 1 is 1.37 bits per heavy atom. The third kappa shape index (κ3) is 4.83. The van der Waals surface area contributed by atoms with Crippen LogP contribution in [0.25, 0.3) is 0 Å². The number of rotatable bonds is 6. The molecule has 0 aromatic heterocycles. The van der Waals surface area contributed by atoms with Crippen molar-refractivity contribution in [2.45, 2.75) is 49.5 Å². The minimum atomic E-state index is -1.56. The van der Waals surface area contributed by atoms with Gasteiger partial charge in [0.25, 0.3) is 0 Å². The van der Waals surface area contributed by atoms with Crippen molar-refractivity contribution in [2.75, 3.05) is 12.3 Å². The lowest BCUT2D eigenvalue weighted by atomic mass is 9.91. The third-order valence-corrected chi connectivity index (χ3v) is 4.98. The van der Waals surface area contributed by atoms with Crippen LogP contribution in [0.1, 0.15) is 51.5 Å². The minimum Gasteiger partial charge on any atom is -0.388 e. The summed E-state index contributed by atoms with van der Waals surface area (Å²) in [6.07, 6.45) is 5.54. The highest BCUT2D eigenvalue weighted by molar-refractivity contribution is 7.99. The summed E-state index contributed by atoms with van der Waals surface area (Å²) in [6.45, 7) is 0.319. The summed E-state index contributed by atoms with van der Waals surface area (Å²) in [7, 11) is 0. The van der Waals surface area contributed by atoms with E-state index in [1.165, 1.54) is 32.1 Å². The predicted molar refractivity (Wildman–Crippen MR) is 82.4 cm³/mol. The van der Waals surface area contributed by atoms with Gasteiger partial charge in [-0.1, -0.05) is 31.4 Å². The van der Waals surface area contributed by atoms with E-state index in [-0.39, 0.29) is 6.42 Å². The molecule has 0 spiro atoms. The van der Waals surface area contributed by atoms with Crippen LogP contribution in [-0.2, 0) is 0 Å². The van der Waals surface area contributed by atoms with Crippen molar-refractivity contribution in [2.24, 2.45) is 11.7 Å². The third-order valence-electron chi connectivity index (χ3n) is 3.76. The van der Waals surface area contributed by atoms with Crippen LogP contribution in [0.4, 0.5) is 0 Å². The van der Waals surface area contributed by atoms with Gasteiger partial charge in [-0.05, 0) is 49.4 Å². The van der Waals surface area contributed by atoms with E-state index in [0.29, 0.717) is 12.1 Å². The smallest absolute Gasteiger partial charge is 0.0802 e. The minimum absolute atomic E-state index is 0.268. The Morgan fingerprint density at radius 2 is 2.16 bits per heavy atom. The van der Waals surface area contributed by atoms with Gasteiger partial charge in [0, 0.05) is 10.6 Å². The monoisotopic (exact) mass is 280 g/mol. The maximum atomic E-state index is 10.1. The zero-order valence-corrected chi connectivity index (χ0v) is 12.3. The van der Waals surface area contributed by atoms with Crippen LogP contribution in [-0.4, -0.2) is 17.4 Å². The number of nitrogens with two attached hydrogens (primary N) is 1. The summed E-state index contributed by atoms with van der Waals surface area (Å²) in [6, 6.07) is 7.74. The molecule has 0 heterocycles. The van der Waals surface area contributed by atoms with E-state index in [1.54, 1.807) is 0 Å². The van der Waals surface area contributed by atoms with Crippen molar-refractivity contribution >= 4 is 11.8 Å². The van der Waals surface area contributed by atoms with Crippen LogP contribution in [0.2, 0.25) is 0 Å². The Kier molecular flexibility index (Phi) is 5.62. The van der Waals surface area contributed by atoms with Gasteiger partial charge in [0.2, 0.25) is 0 Å². The summed E-state index contributed by atoms with van der Waals surface area (Å²) in [5.74, 6) is 1.98. The van der Waals surface area contributed by atoms with Crippen molar-refractivity contribution in [1.82, 2.24) is 0 Å². The maximum Gasteiger partial charge on any atom is 0.0802 e. The summed E-state index contributed by atoms with van der Waals surface area (Å²) in [5, 5.41) is 10.1. The second-order valence-corrected chi connectivity index (χ2v) is 6.42. The SMILES string of the molecule is [2H]C(O)(CCN)c1cccc(SCC2CCCCC2)c1. The van der Waals surface area contributed by atoms with Crippen LogP contribution in [0.3, 0.4) is 0 Å². The standard InChI is InChI=1S/C16H25NOS/c17-10-9-16(18)14-7-4-8-15(11-14)19-12-13-5-2-1-3-6-13/h4,7-8,11,13,16,18H,1-3,5-6,9-10,12,17H2/i16D. The Labute approximate surface area is 122 Å². The predicted octanol–water partition coefficient (Wildman–Crippen LogP) is 3.74. The highest BCUT2D eigenvalue weighted by Gasteiger charge is 2.14. The van der Waals surface area contributed by atoms with Crippen LogP contribution in [0, 0.1) is 5.92 Å². The molecule has 19 heavy (non-hydrogen) atoms. The fourth-order valence-corrected chi connectivity index (χ4v) is 3.76. The van der Waals surface area contributed by atoms with E-state index >= 15 is 0 Å². The number of hydrogen-bond acceptors (Lipinski definition) is 3. The first kappa shape index (κ1) is 13.5. The largest absolute Gasteiger partial charge is 0.388 e. The van der Waals surface area contributed by atoms with Crippen LogP contribution >= 0.6 is 11.8 Å².